The van der Waals surface area contributed by atoms with Crippen LogP contribution in [0.5, 0.6) is 0 Å². The minimum Gasteiger partial charge on any atom is -0.392 e. The average molecular weight is 718 g/mol. The van der Waals surface area contributed by atoms with Gasteiger partial charge in [-0.05, 0) is 70.5 Å². The van der Waals surface area contributed by atoms with E-state index in [0.29, 0.717) is 36.5 Å². The maximum Gasteiger partial charge on any atom is 0.253 e. The van der Waals surface area contributed by atoms with E-state index in [1.54, 1.807) is 24.5 Å². The quantitative estimate of drug-likeness (QED) is 0.137. The van der Waals surface area contributed by atoms with Crippen LogP contribution in [-0.2, 0) is 28.2 Å². The summed E-state index contributed by atoms with van der Waals surface area (Å²) in [5.41, 5.74) is 6.40. The lowest BCUT2D eigenvalue weighted by molar-refractivity contribution is -0.277. The molecule has 0 radical (unpaired) electrons. The summed E-state index contributed by atoms with van der Waals surface area (Å²) < 4.78 is 13.5. The predicted octanol–water partition coefficient (Wildman–Crippen LogP) is 7.60. The molecule has 0 spiro atoms. The minimum absolute atomic E-state index is 0.0145. The second-order valence-electron chi connectivity index (χ2n) is 13.9. The fourth-order valence-corrected chi connectivity index (χ4v) is 7.41. The lowest BCUT2D eigenvalue weighted by atomic mass is 9.84. The number of likely N-dealkylation sites (tertiary alicyclic amines) is 1. The molecule has 2 aliphatic heterocycles. The number of nitrogens with one attached hydrogen (secondary N) is 1. The molecule has 2 aliphatic rings. The molecule has 8 nitrogen and oxygen atoms in total. The van der Waals surface area contributed by atoms with E-state index < -0.39 is 11.9 Å². The fraction of sp³-hybridized carbons (Fsp3) is 0.302. The van der Waals surface area contributed by atoms with Crippen LogP contribution in [-0.4, -0.2) is 51.7 Å². The molecule has 1 amide bonds. The van der Waals surface area contributed by atoms with E-state index in [1.807, 2.05) is 66.7 Å². The molecular formula is C43H44ClN3O5. The Labute approximate surface area is 310 Å². The highest BCUT2D eigenvalue weighted by molar-refractivity contribution is 6.30. The number of nitrogens with zero attached hydrogens (tertiary/aromatic N) is 2. The molecule has 0 saturated carbocycles. The summed E-state index contributed by atoms with van der Waals surface area (Å²) in [6, 6.07) is 35.3. The molecule has 268 valence electrons. The molecule has 3 heterocycles. The Kier molecular flexibility index (Phi) is 11.1. The summed E-state index contributed by atoms with van der Waals surface area (Å²) in [7, 11) is 0. The monoisotopic (exact) mass is 717 g/mol. The number of hydrogen-bond donors (Lipinski definition) is 3. The largest absolute Gasteiger partial charge is 0.392 e. The van der Waals surface area contributed by atoms with Crippen molar-refractivity contribution in [3.8, 4) is 11.1 Å². The number of pyridine rings is 1. The van der Waals surface area contributed by atoms with Crippen molar-refractivity contribution in [2.75, 3.05) is 19.6 Å². The van der Waals surface area contributed by atoms with Crippen LogP contribution in [0.2, 0.25) is 5.02 Å². The number of benzene rings is 4. The molecule has 4 aromatic carbocycles. The van der Waals surface area contributed by atoms with Crippen molar-refractivity contribution in [2.24, 2.45) is 5.92 Å². The van der Waals surface area contributed by atoms with Crippen LogP contribution in [0, 0.1) is 5.92 Å². The van der Waals surface area contributed by atoms with Crippen LogP contribution in [0.4, 0.5) is 0 Å². The first-order valence-corrected chi connectivity index (χ1v) is 18.3. The Morgan fingerprint density at radius 2 is 1.62 bits per heavy atom. The Bertz CT molecular complexity index is 1930. The van der Waals surface area contributed by atoms with E-state index in [-0.39, 0.29) is 30.6 Å². The lowest BCUT2D eigenvalue weighted by Gasteiger charge is -2.45. The number of aliphatic hydroxyl groups is 2. The summed E-state index contributed by atoms with van der Waals surface area (Å²) in [5, 5.41) is 24.8. The zero-order chi connectivity index (χ0) is 36.1. The van der Waals surface area contributed by atoms with Gasteiger partial charge < -0.3 is 29.9 Å². The highest BCUT2D eigenvalue weighted by atomic mass is 35.5. The van der Waals surface area contributed by atoms with E-state index in [4.69, 9.17) is 21.1 Å². The fourth-order valence-electron chi connectivity index (χ4n) is 7.29. The number of carbonyl (C=O) groups excluding carboxylic acids is 1. The summed E-state index contributed by atoms with van der Waals surface area (Å²) in [6.45, 7) is 4.73. The Morgan fingerprint density at radius 3 is 2.31 bits per heavy atom. The third kappa shape index (κ3) is 8.13. The first-order chi connectivity index (χ1) is 25.3. The predicted molar refractivity (Wildman–Crippen MR) is 201 cm³/mol. The molecule has 2 fully saturated rings. The molecule has 1 aromatic heterocycles. The number of rotatable bonds is 10. The van der Waals surface area contributed by atoms with E-state index in [0.717, 1.165) is 52.0 Å². The zero-order valence-electron chi connectivity index (χ0n) is 29.2. The SMILES string of the molecule is CC1C(CN2CCC(O)(c3ccc(Cl)cc3)CC2)OC(c2ccc(-c3ccccc3CNC(=O)c3cccnc3)cc2)OC1c1ccc(CO)cc1. The van der Waals surface area contributed by atoms with Crippen molar-refractivity contribution in [1.82, 2.24) is 15.2 Å². The van der Waals surface area contributed by atoms with Crippen LogP contribution in [0.1, 0.15) is 70.3 Å². The van der Waals surface area contributed by atoms with Crippen molar-refractivity contribution in [2.45, 2.75) is 57.0 Å². The Morgan fingerprint density at radius 1 is 0.904 bits per heavy atom. The molecule has 0 bridgehead atoms. The van der Waals surface area contributed by atoms with Gasteiger partial charge in [0.1, 0.15) is 0 Å². The number of aliphatic hydroxyl groups excluding tert-OH is 1. The number of carbonyl (C=O) groups is 1. The summed E-state index contributed by atoms with van der Waals surface area (Å²) >= 11 is 6.11. The molecular weight excluding hydrogens is 674 g/mol. The molecule has 0 aliphatic carbocycles. The average Bonchev–Trinajstić information content (AvgIpc) is 3.19. The van der Waals surface area contributed by atoms with Gasteiger partial charge in [0, 0.05) is 55.1 Å². The van der Waals surface area contributed by atoms with Crippen LogP contribution >= 0.6 is 11.6 Å². The normalized spacial score (nSPS) is 21.8. The summed E-state index contributed by atoms with van der Waals surface area (Å²) in [6.07, 6.45) is 3.50. The van der Waals surface area contributed by atoms with Gasteiger partial charge >= 0.3 is 0 Å². The van der Waals surface area contributed by atoms with Gasteiger partial charge in [-0.2, -0.15) is 0 Å². The summed E-state index contributed by atoms with van der Waals surface area (Å²) in [5.74, 6) is -0.127. The maximum atomic E-state index is 12.7. The van der Waals surface area contributed by atoms with Crippen molar-refractivity contribution in [3.05, 3.63) is 160 Å². The first-order valence-electron chi connectivity index (χ1n) is 17.9. The van der Waals surface area contributed by atoms with Crippen LogP contribution in [0.3, 0.4) is 0 Å². The molecule has 5 aromatic rings. The highest BCUT2D eigenvalue weighted by Crippen LogP contribution is 2.43. The molecule has 2 saturated heterocycles. The maximum absolute atomic E-state index is 12.7. The number of halogens is 1. The zero-order valence-corrected chi connectivity index (χ0v) is 30.0. The number of piperidine rings is 1. The topological polar surface area (TPSA) is 104 Å². The van der Waals surface area contributed by atoms with Gasteiger partial charge in [-0.3, -0.25) is 9.78 Å². The van der Waals surface area contributed by atoms with Crippen molar-refractivity contribution >= 4 is 17.5 Å². The lowest BCUT2D eigenvalue weighted by Crippen LogP contribution is -2.49. The third-order valence-corrected chi connectivity index (χ3v) is 10.8. The molecule has 7 rings (SSSR count). The van der Waals surface area contributed by atoms with Crippen LogP contribution in [0.15, 0.2) is 122 Å². The first kappa shape index (κ1) is 36.0. The van der Waals surface area contributed by atoms with Gasteiger partial charge in [-0.15, -0.1) is 0 Å². The smallest absolute Gasteiger partial charge is 0.253 e. The molecule has 3 N–H and O–H groups in total. The van der Waals surface area contributed by atoms with Crippen molar-refractivity contribution in [1.29, 1.82) is 0 Å². The van der Waals surface area contributed by atoms with Crippen LogP contribution in [0.25, 0.3) is 11.1 Å². The van der Waals surface area contributed by atoms with Gasteiger partial charge in [0.15, 0.2) is 6.29 Å². The number of ether oxygens (including phenoxy) is 2. The second-order valence-corrected chi connectivity index (χ2v) is 14.3. The van der Waals surface area contributed by atoms with Gasteiger partial charge in [0.05, 0.1) is 30.0 Å². The number of hydrogen-bond acceptors (Lipinski definition) is 7. The number of aromatic nitrogens is 1. The highest BCUT2D eigenvalue weighted by Gasteiger charge is 2.41. The van der Waals surface area contributed by atoms with Gasteiger partial charge in [0.25, 0.3) is 5.91 Å². The van der Waals surface area contributed by atoms with E-state index >= 15 is 0 Å². The van der Waals surface area contributed by atoms with E-state index in [1.165, 1.54) is 0 Å². The van der Waals surface area contributed by atoms with Gasteiger partial charge in [-0.1, -0.05) is 103 Å². The van der Waals surface area contributed by atoms with Crippen molar-refractivity contribution in [3.63, 3.8) is 0 Å². The Hall–Kier alpha value is -4.41. The van der Waals surface area contributed by atoms with E-state index in [9.17, 15) is 15.0 Å². The molecule has 9 heteroatoms. The number of amides is 1. The van der Waals surface area contributed by atoms with Crippen molar-refractivity contribution < 1.29 is 24.5 Å². The van der Waals surface area contributed by atoms with Crippen LogP contribution < -0.4 is 5.32 Å². The standard InChI is InChI=1S/C43H44ClN3O5/c1-29-39(27-47-23-20-43(50,21-24-47)36-16-18-37(44)19-17-36)51-42(52-40(29)32-10-8-30(28-48)9-11-32)33-14-12-31(13-15-33)38-7-3-2-5-34(38)26-46-41(49)35-6-4-22-45-25-35/h2-19,22,25,29,39-40,42,48,50H,20-21,23-24,26-28H2,1H3,(H,46,49). The second kappa shape index (κ2) is 16.1. The third-order valence-electron chi connectivity index (χ3n) is 10.5. The molecule has 52 heavy (non-hydrogen) atoms. The van der Waals surface area contributed by atoms with Gasteiger partial charge in [-0.25, -0.2) is 0 Å². The molecule has 4 atom stereocenters. The Balaban J connectivity index is 1.08. The van der Waals surface area contributed by atoms with Gasteiger partial charge in [0.2, 0.25) is 0 Å². The van der Waals surface area contributed by atoms with E-state index in [2.05, 4.69) is 52.5 Å². The minimum atomic E-state index is -0.881. The molecule has 4 unspecified atom stereocenters. The summed E-state index contributed by atoms with van der Waals surface area (Å²) in [4.78, 5) is 19.1.